The molecule has 0 aliphatic carbocycles. The molecule has 0 aromatic heterocycles. The molecule has 1 aliphatic heterocycles. The summed E-state index contributed by atoms with van der Waals surface area (Å²) in [6.07, 6.45) is 2.36. The van der Waals surface area contributed by atoms with Crippen LogP contribution in [0.25, 0.3) is 0 Å². The van der Waals surface area contributed by atoms with Gasteiger partial charge in [-0.15, -0.1) is 0 Å². The maximum absolute atomic E-state index is 5.93. The fraction of sp³-hybridized carbons (Fsp3) is 0.625. The molecule has 1 aromatic carbocycles. The van der Waals surface area contributed by atoms with Crippen molar-refractivity contribution in [3.63, 3.8) is 0 Å². The third-order valence-corrected chi connectivity index (χ3v) is 4.77. The van der Waals surface area contributed by atoms with Crippen LogP contribution in [0.1, 0.15) is 25.8 Å². The van der Waals surface area contributed by atoms with Gasteiger partial charge in [-0.2, -0.15) is 0 Å². The lowest BCUT2D eigenvalue weighted by atomic mass is 9.86. The molecule has 0 spiro atoms. The molecule has 0 radical (unpaired) electrons. The van der Waals surface area contributed by atoms with Gasteiger partial charge in [0.15, 0.2) is 0 Å². The molecule has 0 amide bonds. The monoisotopic (exact) mass is 280 g/mol. The highest BCUT2D eigenvalue weighted by atomic mass is 35.5. The van der Waals surface area contributed by atoms with Crippen LogP contribution in [-0.4, -0.2) is 30.6 Å². The van der Waals surface area contributed by atoms with E-state index in [1.54, 1.807) is 0 Å². The van der Waals surface area contributed by atoms with Crippen LogP contribution in [0.5, 0.6) is 0 Å². The van der Waals surface area contributed by atoms with E-state index in [0.29, 0.717) is 12.0 Å². The first kappa shape index (κ1) is 14.8. The molecule has 2 N–H and O–H groups in total. The van der Waals surface area contributed by atoms with Gasteiger partial charge in [-0.3, -0.25) is 4.90 Å². The van der Waals surface area contributed by atoms with Gasteiger partial charge < -0.3 is 5.73 Å². The molecule has 2 nitrogen and oxygen atoms in total. The van der Waals surface area contributed by atoms with Gasteiger partial charge in [-0.25, -0.2) is 0 Å². The second-order valence-electron chi connectivity index (χ2n) is 5.94. The molecular weight excluding hydrogens is 256 g/mol. The number of hydrogen-bond acceptors (Lipinski definition) is 2. The summed E-state index contributed by atoms with van der Waals surface area (Å²) in [6, 6.07) is 8.79. The summed E-state index contributed by atoms with van der Waals surface area (Å²) in [7, 11) is 0. The zero-order chi connectivity index (χ0) is 13.8. The molecule has 19 heavy (non-hydrogen) atoms. The molecule has 106 valence electrons. The molecule has 3 atom stereocenters. The molecule has 1 fully saturated rings. The fourth-order valence-corrected chi connectivity index (χ4v) is 3.10. The first-order chi connectivity index (χ1) is 9.10. The van der Waals surface area contributed by atoms with Crippen LogP contribution in [0.15, 0.2) is 24.3 Å². The molecule has 1 saturated heterocycles. The van der Waals surface area contributed by atoms with Crippen molar-refractivity contribution in [2.45, 2.75) is 32.7 Å². The Bertz CT molecular complexity index is 390. The van der Waals surface area contributed by atoms with Crippen LogP contribution in [0.3, 0.4) is 0 Å². The second-order valence-corrected chi connectivity index (χ2v) is 6.37. The highest BCUT2D eigenvalue weighted by Gasteiger charge is 2.27. The largest absolute Gasteiger partial charge is 0.330 e. The van der Waals surface area contributed by atoms with E-state index in [9.17, 15) is 0 Å². The lowest BCUT2D eigenvalue weighted by Gasteiger charge is -2.40. The topological polar surface area (TPSA) is 29.3 Å². The highest BCUT2D eigenvalue weighted by molar-refractivity contribution is 6.30. The molecule has 1 aromatic rings. The number of rotatable bonds is 4. The van der Waals surface area contributed by atoms with Crippen molar-refractivity contribution in [1.29, 1.82) is 0 Å². The molecule has 0 bridgehead atoms. The lowest BCUT2D eigenvalue weighted by molar-refractivity contribution is 0.0978. The van der Waals surface area contributed by atoms with Gasteiger partial charge in [0.2, 0.25) is 0 Å². The van der Waals surface area contributed by atoms with Crippen LogP contribution in [0.4, 0.5) is 0 Å². The van der Waals surface area contributed by atoms with Crippen molar-refractivity contribution in [3.05, 3.63) is 34.9 Å². The van der Waals surface area contributed by atoms with Crippen LogP contribution in [-0.2, 0) is 6.42 Å². The lowest BCUT2D eigenvalue weighted by Crippen LogP contribution is -2.47. The molecule has 2 rings (SSSR count). The van der Waals surface area contributed by atoms with E-state index in [2.05, 4.69) is 30.9 Å². The van der Waals surface area contributed by atoms with Crippen molar-refractivity contribution >= 4 is 11.6 Å². The van der Waals surface area contributed by atoms with Crippen molar-refractivity contribution in [2.24, 2.45) is 17.6 Å². The predicted octanol–water partition coefficient (Wildman–Crippen LogP) is 3.19. The maximum Gasteiger partial charge on any atom is 0.0406 e. The summed E-state index contributed by atoms with van der Waals surface area (Å²) in [6.45, 7) is 7.81. The minimum absolute atomic E-state index is 0.572. The summed E-state index contributed by atoms with van der Waals surface area (Å²) in [5.41, 5.74) is 7.24. The Morgan fingerprint density at radius 1 is 1.37 bits per heavy atom. The Labute approximate surface area is 121 Å². The number of hydrogen-bond donors (Lipinski definition) is 1. The normalized spacial score (nSPS) is 26.3. The van der Waals surface area contributed by atoms with Gasteiger partial charge in [0.25, 0.3) is 0 Å². The molecule has 1 heterocycles. The van der Waals surface area contributed by atoms with E-state index in [1.807, 2.05) is 12.1 Å². The van der Waals surface area contributed by atoms with E-state index < -0.39 is 0 Å². The van der Waals surface area contributed by atoms with Crippen molar-refractivity contribution < 1.29 is 0 Å². The maximum atomic E-state index is 5.93. The van der Waals surface area contributed by atoms with Gasteiger partial charge in [-0.05, 0) is 62.4 Å². The Balaban J connectivity index is 1.92. The van der Waals surface area contributed by atoms with E-state index in [1.165, 1.54) is 18.5 Å². The summed E-state index contributed by atoms with van der Waals surface area (Å²) in [5, 5.41) is 0.811. The van der Waals surface area contributed by atoms with Gasteiger partial charge in [0.05, 0.1) is 0 Å². The van der Waals surface area contributed by atoms with E-state index in [-0.39, 0.29) is 0 Å². The van der Waals surface area contributed by atoms with Crippen LogP contribution in [0, 0.1) is 11.8 Å². The highest BCUT2D eigenvalue weighted by Crippen LogP contribution is 2.24. The second kappa shape index (κ2) is 6.74. The van der Waals surface area contributed by atoms with E-state index in [4.69, 9.17) is 17.3 Å². The Kier molecular flexibility index (Phi) is 5.26. The summed E-state index contributed by atoms with van der Waals surface area (Å²) >= 11 is 5.93. The SMILES string of the molecule is CC1CCN(C(C)Cc2ccc(Cl)cc2)CC1CN. The van der Waals surface area contributed by atoms with Crippen LogP contribution >= 0.6 is 11.6 Å². The average molecular weight is 281 g/mol. The third-order valence-electron chi connectivity index (χ3n) is 4.52. The Morgan fingerprint density at radius 2 is 2.05 bits per heavy atom. The number of nitrogens with two attached hydrogens (primary N) is 1. The summed E-state index contributed by atoms with van der Waals surface area (Å²) < 4.78 is 0. The standard InChI is InChI=1S/C16H25ClN2/c1-12-7-8-19(11-15(12)10-18)13(2)9-14-3-5-16(17)6-4-14/h3-6,12-13,15H,7-11,18H2,1-2H3. The molecule has 0 saturated carbocycles. The number of likely N-dealkylation sites (tertiary alicyclic amines) is 1. The van der Waals surface area contributed by atoms with Crippen LogP contribution < -0.4 is 5.73 Å². The predicted molar refractivity (Wildman–Crippen MR) is 82.5 cm³/mol. The molecule has 3 heteroatoms. The zero-order valence-electron chi connectivity index (χ0n) is 12.0. The average Bonchev–Trinajstić information content (AvgIpc) is 2.42. The number of nitrogens with zero attached hydrogens (tertiary/aromatic N) is 1. The fourth-order valence-electron chi connectivity index (χ4n) is 2.98. The molecular formula is C16H25ClN2. The van der Waals surface area contributed by atoms with Gasteiger partial charge in [-0.1, -0.05) is 30.7 Å². The number of benzene rings is 1. The first-order valence-electron chi connectivity index (χ1n) is 7.28. The third kappa shape index (κ3) is 3.95. The number of piperidine rings is 1. The van der Waals surface area contributed by atoms with Crippen molar-refractivity contribution in [1.82, 2.24) is 4.90 Å². The Morgan fingerprint density at radius 3 is 2.68 bits per heavy atom. The first-order valence-corrected chi connectivity index (χ1v) is 7.66. The minimum atomic E-state index is 0.572. The summed E-state index contributed by atoms with van der Waals surface area (Å²) in [5.74, 6) is 1.42. The van der Waals surface area contributed by atoms with Crippen molar-refractivity contribution in [3.8, 4) is 0 Å². The molecule has 3 unspecified atom stereocenters. The van der Waals surface area contributed by atoms with Crippen LogP contribution in [0.2, 0.25) is 5.02 Å². The van der Waals surface area contributed by atoms with Crippen molar-refractivity contribution in [2.75, 3.05) is 19.6 Å². The zero-order valence-corrected chi connectivity index (χ0v) is 12.7. The Hall–Kier alpha value is -0.570. The van der Waals surface area contributed by atoms with Gasteiger partial charge in [0.1, 0.15) is 0 Å². The van der Waals surface area contributed by atoms with E-state index in [0.717, 1.165) is 30.5 Å². The van der Waals surface area contributed by atoms with E-state index >= 15 is 0 Å². The summed E-state index contributed by atoms with van der Waals surface area (Å²) in [4.78, 5) is 2.59. The number of halogens is 1. The van der Waals surface area contributed by atoms with Gasteiger partial charge in [0, 0.05) is 17.6 Å². The molecule has 1 aliphatic rings. The quantitative estimate of drug-likeness (QED) is 0.918. The van der Waals surface area contributed by atoms with Gasteiger partial charge >= 0.3 is 0 Å². The smallest absolute Gasteiger partial charge is 0.0406 e. The minimum Gasteiger partial charge on any atom is -0.330 e.